The number of carbonyl (C=O) groups excluding carboxylic acids is 1. The Bertz CT molecular complexity index is 1280. The SMILES string of the molecule is CCCCCNC(=O)c1c(N)n(N=Cc2cccc(O)c2)c2nc3ccccc3nc12. The number of hydrogen-bond acceptors (Lipinski definition) is 6. The van der Waals surface area contributed by atoms with Crippen molar-refractivity contribution in [2.24, 2.45) is 5.10 Å². The Morgan fingerprint density at radius 1 is 1.16 bits per heavy atom. The molecule has 0 saturated heterocycles. The summed E-state index contributed by atoms with van der Waals surface area (Å²) in [6.07, 6.45) is 4.55. The first-order valence-electron chi connectivity index (χ1n) is 10.3. The van der Waals surface area contributed by atoms with E-state index in [1.807, 2.05) is 24.3 Å². The van der Waals surface area contributed by atoms with Gasteiger partial charge in [0.15, 0.2) is 5.65 Å². The molecule has 4 rings (SSSR count). The zero-order valence-electron chi connectivity index (χ0n) is 17.2. The van der Waals surface area contributed by atoms with Crippen LogP contribution >= 0.6 is 0 Å². The summed E-state index contributed by atoms with van der Waals surface area (Å²) in [7, 11) is 0. The summed E-state index contributed by atoms with van der Waals surface area (Å²) in [5.41, 5.74) is 9.45. The van der Waals surface area contributed by atoms with E-state index < -0.39 is 0 Å². The number of nitrogens with zero attached hydrogens (tertiary/aromatic N) is 4. The molecule has 0 saturated carbocycles. The Balaban J connectivity index is 1.81. The molecule has 0 spiro atoms. The minimum absolute atomic E-state index is 0.132. The third-order valence-electron chi connectivity index (χ3n) is 4.96. The van der Waals surface area contributed by atoms with Crippen LogP contribution < -0.4 is 11.1 Å². The summed E-state index contributed by atoms with van der Waals surface area (Å²) in [6, 6.07) is 14.1. The molecule has 0 bridgehead atoms. The highest BCUT2D eigenvalue weighted by Gasteiger charge is 2.23. The number of nitrogens with one attached hydrogen (secondary N) is 1. The average Bonchev–Trinajstić information content (AvgIpc) is 3.04. The number of nitrogen functional groups attached to an aromatic ring is 1. The number of phenolic OH excluding ortho intramolecular Hbond substituents is 1. The Morgan fingerprint density at radius 3 is 2.68 bits per heavy atom. The van der Waals surface area contributed by atoms with E-state index in [1.54, 1.807) is 30.5 Å². The quantitative estimate of drug-likeness (QED) is 0.314. The molecule has 0 atom stereocenters. The summed E-state index contributed by atoms with van der Waals surface area (Å²) in [5, 5.41) is 17.0. The summed E-state index contributed by atoms with van der Waals surface area (Å²) >= 11 is 0. The molecule has 0 radical (unpaired) electrons. The first-order valence-corrected chi connectivity index (χ1v) is 10.3. The standard InChI is InChI=1S/C23H24N6O2/c1-2-3-6-12-25-23(31)19-20-22(28-18-11-5-4-10-17(18)27-20)29(21(19)24)26-14-15-8-7-9-16(30)13-15/h4-5,7-11,13-14,30H,2-3,6,12,24H2,1H3,(H,25,31). The van der Waals surface area contributed by atoms with Crippen molar-refractivity contribution < 1.29 is 9.90 Å². The molecule has 8 nitrogen and oxygen atoms in total. The van der Waals surface area contributed by atoms with Gasteiger partial charge in [0.05, 0.1) is 17.2 Å². The second-order valence-corrected chi connectivity index (χ2v) is 7.26. The molecule has 1 amide bonds. The van der Waals surface area contributed by atoms with Crippen molar-refractivity contribution in [2.75, 3.05) is 12.3 Å². The predicted octanol–water partition coefficient (Wildman–Crippen LogP) is 3.67. The molecule has 158 valence electrons. The topological polar surface area (TPSA) is 118 Å². The number of aromatic nitrogens is 3. The molecular formula is C23H24N6O2. The molecule has 4 N–H and O–H groups in total. The van der Waals surface area contributed by atoms with E-state index in [0.29, 0.717) is 34.3 Å². The highest BCUT2D eigenvalue weighted by atomic mass is 16.3. The van der Waals surface area contributed by atoms with E-state index >= 15 is 0 Å². The summed E-state index contributed by atoms with van der Waals surface area (Å²) in [4.78, 5) is 22.3. The fourth-order valence-electron chi connectivity index (χ4n) is 3.38. The fraction of sp³-hybridized carbons (Fsp3) is 0.217. The van der Waals surface area contributed by atoms with Crippen molar-refractivity contribution in [1.29, 1.82) is 0 Å². The lowest BCUT2D eigenvalue weighted by molar-refractivity contribution is 0.0955. The zero-order chi connectivity index (χ0) is 21.8. The van der Waals surface area contributed by atoms with Crippen molar-refractivity contribution >= 4 is 40.1 Å². The van der Waals surface area contributed by atoms with Crippen LogP contribution in [0.5, 0.6) is 5.75 Å². The van der Waals surface area contributed by atoms with E-state index in [2.05, 4.69) is 27.3 Å². The number of fused-ring (bicyclic) bond motifs is 2. The number of anilines is 1. The van der Waals surface area contributed by atoms with Crippen LogP contribution in [0.1, 0.15) is 42.1 Å². The minimum Gasteiger partial charge on any atom is -0.508 e. The van der Waals surface area contributed by atoms with Gasteiger partial charge in [0.25, 0.3) is 5.91 Å². The number of carbonyl (C=O) groups is 1. The third-order valence-corrected chi connectivity index (χ3v) is 4.96. The molecule has 31 heavy (non-hydrogen) atoms. The Hall–Kier alpha value is -3.94. The molecular weight excluding hydrogens is 392 g/mol. The van der Waals surface area contributed by atoms with E-state index in [9.17, 15) is 9.90 Å². The van der Waals surface area contributed by atoms with Crippen LogP contribution in [0, 0.1) is 0 Å². The molecule has 0 aliphatic carbocycles. The monoisotopic (exact) mass is 416 g/mol. The first kappa shape index (κ1) is 20.3. The second-order valence-electron chi connectivity index (χ2n) is 7.26. The zero-order valence-corrected chi connectivity index (χ0v) is 17.2. The van der Waals surface area contributed by atoms with Crippen LogP contribution in [0.3, 0.4) is 0 Å². The van der Waals surface area contributed by atoms with Gasteiger partial charge in [0.2, 0.25) is 0 Å². The number of aromatic hydroxyl groups is 1. The van der Waals surface area contributed by atoms with Gasteiger partial charge in [-0.3, -0.25) is 4.79 Å². The first-order chi connectivity index (χ1) is 15.1. The molecule has 0 aliphatic heterocycles. The largest absolute Gasteiger partial charge is 0.508 e. The van der Waals surface area contributed by atoms with Gasteiger partial charge < -0.3 is 16.2 Å². The van der Waals surface area contributed by atoms with E-state index in [0.717, 1.165) is 19.3 Å². The summed E-state index contributed by atoms with van der Waals surface area (Å²) in [6.45, 7) is 2.67. The highest BCUT2D eigenvalue weighted by molar-refractivity contribution is 6.10. The van der Waals surface area contributed by atoms with Gasteiger partial charge in [-0.15, -0.1) is 0 Å². The maximum absolute atomic E-state index is 13.0. The maximum Gasteiger partial charge on any atom is 0.257 e. The van der Waals surface area contributed by atoms with Gasteiger partial charge >= 0.3 is 0 Å². The molecule has 2 aromatic heterocycles. The highest BCUT2D eigenvalue weighted by Crippen LogP contribution is 2.27. The maximum atomic E-state index is 13.0. The number of amides is 1. The van der Waals surface area contributed by atoms with Crippen LogP contribution in [-0.4, -0.2) is 38.4 Å². The van der Waals surface area contributed by atoms with Gasteiger partial charge in [-0.1, -0.05) is 44.0 Å². The molecule has 8 heteroatoms. The van der Waals surface area contributed by atoms with E-state index in [4.69, 9.17) is 5.73 Å². The van der Waals surface area contributed by atoms with Gasteiger partial charge in [0.1, 0.15) is 22.6 Å². The molecule has 0 fully saturated rings. The number of hydrogen-bond donors (Lipinski definition) is 3. The molecule has 0 aliphatic rings. The minimum atomic E-state index is -0.297. The van der Waals surface area contributed by atoms with Gasteiger partial charge in [-0.05, 0) is 36.2 Å². The van der Waals surface area contributed by atoms with Crippen molar-refractivity contribution in [3.63, 3.8) is 0 Å². The van der Waals surface area contributed by atoms with Crippen molar-refractivity contribution in [3.05, 3.63) is 59.7 Å². The lowest BCUT2D eigenvalue weighted by Gasteiger charge is -2.05. The van der Waals surface area contributed by atoms with Gasteiger partial charge in [-0.2, -0.15) is 9.78 Å². The number of nitrogens with two attached hydrogens (primary N) is 1. The smallest absolute Gasteiger partial charge is 0.257 e. The van der Waals surface area contributed by atoms with Crippen LogP contribution in [0.2, 0.25) is 0 Å². The van der Waals surface area contributed by atoms with Crippen LogP contribution in [-0.2, 0) is 0 Å². The summed E-state index contributed by atoms with van der Waals surface area (Å²) in [5.74, 6) is -0.00333. The van der Waals surface area contributed by atoms with Gasteiger partial charge in [-0.25, -0.2) is 9.97 Å². The second kappa shape index (κ2) is 8.83. The number of unbranched alkanes of at least 4 members (excludes halogenated alkanes) is 2. The van der Waals surface area contributed by atoms with Crippen molar-refractivity contribution in [2.45, 2.75) is 26.2 Å². The number of phenols is 1. The van der Waals surface area contributed by atoms with Crippen molar-refractivity contribution in [1.82, 2.24) is 20.0 Å². The molecule has 0 unspecified atom stereocenters. The number of para-hydroxylation sites is 2. The lowest BCUT2D eigenvalue weighted by atomic mass is 10.2. The average molecular weight is 416 g/mol. The Labute approximate surface area is 179 Å². The third kappa shape index (κ3) is 4.18. The van der Waals surface area contributed by atoms with Gasteiger partial charge in [0, 0.05) is 6.54 Å². The van der Waals surface area contributed by atoms with Crippen LogP contribution in [0.25, 0.3) is 22.2 Å². The predicted molar refractivity (Wildman–Crippen MR) is 122 cm³/mol. The van der Waals surface area contributed by atoms with Crippen LogP contribution in [0.4, 0.5) is 5.82 Å². The van der Waals surface area contributed by atoms with Crippen LogP contribution in [0.15, 0.2) is 53.6 Å². The number of rotatable bonds is 7. The molecule has 2 heterocycles. The summed E-state index contributed by atoms with van der Waals surface area (Å²) < 4.78 is 1.42. The van der Waals surface area contributed by atoms with E-state index in [1.165, 1.54) is 4.68 Å². The fourth-order valence-corrected chi connectivity index (χ4v) is 3.38. The molecule has 2 aromatic carbocycles. The van der Waals surface area contributed by atoms with Crippen molar-refractivity contribution in [3.8, 4) is 5.75 Å². The number of benzene rings is 2. The van der Waals surface area contributed by atoms with E-state index in [-0.39, 0.29) is 23.0 Å². The Kier molecular flexibility index (Phi) is 5.79. The lowest BCUT2D eigenvalue weighted by Crippen LogP contribution is -2.25. The Morgan fingerprint density at radius 2 is 1.94 bits per heavy atom. The molecule has 4 aromatic rings. The normalized spacial score (nSPS) is 11.5.